The summed E-state index contributed by atoms with van der Waals surface area (Å²) in [4.78, 5) is 27.6. The lowest BCUT2D eigenvalue weighted by molar-refractivity contribution is 0.0988. The van der Waals surface area contributed by atoms with E-state index in [-0.39, 0.29) is 11.5 Å². The standard InChI is InChI=1S/C10H9ClN2O2/c1-2-8(14)5-3-6(11)9-7(4-5)12-10(15)13-9/h3-4H,2H2,1H3,(H2,12,13,15). The van der Waals surface area contributed by atoms with Crippen LogP contribution in [0.4, 0.5) is 0 Å². The second-order valence-corrected chi connectivity index (χ2v) is 3.64. The van der Waals surface area contributed by atoms with Crippen molar-refractivity contribution in [2.75, 3.05) is 0 Å². The van der Waals surface area contributed by atoms with E-state index in [9.17, 15) is 9.59 Å². The Morgan fingerprint density at radius 2 is 2.13 bits per heavy atom. The molecular formula is C10H9ClN2O2. The largest absolute Gasteiger partial charge is 0.323 e. The Morgan fingerprint density at radius 3 is 2.80 bits per heavy atom. The molecule has 1 aromatic carbocycles. The molecule has 0 aliphatic carbocycles. The molecule has 0 saturated heterocycles. The molecule has 2 aromatic rings. The van der Waals surface area contributed by atoms with E-state index in [2.05, 4.69) is 9.97 Å². The van der Waals surface area contributed by atoms with Crippen LogP contribution in [0.25, 0.3) is 11.0 Å². The maximum absolute atomic E-state index is 11.5. The monoisotopic (exact) mass is 224 g/mol. The Balaban J connectivity index is 2.71. The third-order valence-corrected chi connectivity index (χ3v) is 2.52. The van der Waals surface area contributed by atoms with Gasteiger partial charge in [0.1, 0.15) is 0 Å². The van der Waals surface area contributed by atoms with Crippen molar-refractivity contribution in [1.82, 2.24) is 9.97 Å². The fraction of sp³-hybridized carbons (Fsp3) is 0.200. The Morgan fingerprint density at radius 1 is 1.40 bits per heavy atom. The van der Waals surface area contributed by atoms with Gasteiger partial charge in [0.05, 0.1) is 16.1 Å². The van der Waals surface area contributed by atoms with Gasteiger partial charge in [0, 0.05) is 12.0 Å². The highest BCUT2D eigenvalue weighted by atomic mass is 35.5. The third kappa shape index (κ3) is 1.68. The van der Waals surface area contributed by atoms with Crippen molar-refractivity contribution in [3.8, 4) is 0 Å². The van der Waals surface area contributed by atoms with E-state index in [1.807, 2.05) is 0 Å². The van der Waals surface area contributed by atoms with Gasteiger partial charge < -0.3 is 9.97 Å². The molecule has 0 bridgehead atoms. The van der Waals surface area contributed by atoms with E-state index >= 15 is 0 Å². The quantitative estimate of drug-likeness (QED) is 0.768. The van der Waals surface area contributed by atoms with Gasteiger partial charge in [-0.3, -0.25) is 4.79 Å². The average molecular weight is 225 g/mol. The lowest BCUT2D eigenvalue weighted by atomic mass is 10.1. The van der Waals surface area contributed by atoms with Crippen molar-refractivity contribution in [2.24, 2.45) is 0 Å². The van der Waals surface area contributed by atoms with E-state index in [0.29, 0.717) is 28.0 Å². The molecule has 4 nitrogen and oxygen atoms in total. The lowest BCUT2D eigenvalue weighted by Crippen LogP contribution is -1.99. The van der Waals surface area contributed by atoms with Gasteiger partial charge in [-0.25, -0.2) is 4.79 Å². The summed E-state index contributed by atoms with van der Waals surface area (Å²) in [7, 11) is 0. The molecule has 2 N–H and O–H groups in total. The van der Waals surface area contributed by atoms with E-state index < -0.39 is 0 Å². The number of carbonyl (C=O) groups is 1. The van der Waals surface area contributed by atoms with Gasteiger partial charge in [-0.15, -0.1) is 0 Å². The molecular weight excluding hydrogens is 216 g/mol. The summed E-state index contributed by atoms with van der Waals surface area (Å²) in [6.45, 7) is 1.78. The zero-order valence-corrected chi connectivity index (χ0v) is 8.81. The molecule has 15 heavy (non-hydrogen) atoms. The summed E-state index contributed by atoms with van der Waals surface area (Å²) in [5.74, 6) is 0.000786. The zero-order valence-electron chi connectivity index (χ0n) is 8.06. The maximum atomic E-state index is 11.5. The summed E-state index contributed by atoms with van der Waals surface area (Å²) >= 11 is 5.93. The van der Waals surface area contributed by atoms with Crippen LogP contribution in [-0.4, -0.2) is 15.8 Å². The fourth-order valence-corrected chi connectivity index (χ4v) is 1.73. The number of nitrogens with one attached hydrogen (secondary N) is 2. The molecule has 0 fully saturated rings. The molecule has 0 unspecified atom stereocenters. The number of aromatic nitrogens is 2. The summed E-state index contributed by atoms with van der Waals surface area (Å²) in [5.41, 5.74) is 1.29. The van der Waals surface area contributed by atoms with Crippen molar-refractivity contribution in [2.45, 2.75) is 13.3 Å². The van der Waals surface area contributed by atoms with Crippen molar-refractivity contribution in [1.29, 1.82) is 0 Å². The molecule has 0 spiro atoms. The fourth-order valence-electron chi connectivity index (χ4n) is 1.46. The minimum Gasteiger partial charge on any atom is -0.306 e. The molecule has 0 amide bonds. The maximum Gasteiger partial charge on any atom is 0.323 e. The van der Waals surface area contributed by atoms with Crippen LogP contribution in [0.3, 0.4) is 0 Å². The van der Waals surface area contributed by atoms with Crippen molar-refractivity contribution >= 4 is 28.4 Å². The predicted octanol–water partition coefficient (Wildman–Crippen LogP) is 2.10. The highest BCUT2D eigenvalue weighted by molar-refractivity contribution is 6.35. The first-order valence-corrected chi connectivity index (χ1v) is 4.94. The molecule has 0 aliphatic rings. The Kier molecular flexibility index (Phi) is 2.36. The minimum atomic E-state index is -0.326. The second kappa shape index (κ2) is 3.55. The number of rotatable bonds is 2. The van der Waals surface area contributed by atoms with Crippen molar-refractivity contribution in [3.05, 3.63) is 33.2 Å². The smallest absolute Gasteiger partial charge is 0.306 e. The average Bonchev–Trinajstić information content (AvgIpc) is 2.58. The topological polar surface area (TPSA) is 65.7 Å². The number of imidazole rings is 1. The van der Waals surface area contributed by atoms with Gasteiger partial charge in [-0.05, 0) is 12.1 Å². The number of Topliss-reactive ketones (excluding diaryl/α,β-unsaturated/α-hetero) is 1. The predicted molar refractivity (Wildman–Crippen MR) is 58.6 cm³/mol. The molecule has 0 atom stereocenters. The van der Waals surface area contributed by atoms with E-state index in [1.165, 1.54) is 0 Å². The number of hydrogen-bond donors (Lipinski definition) is 2. The SMILES string of the molecule is CCC(=O)c1cc(Cl)c2[nH]c(=O)[nH]c2c1. The van der Waals surface area contributed by atoms with Gasteiger partial charge in [0.2, 0.25) is 0 Å². The van der Waals surface area contributed by atoms with Crippen LogP contribution in [0, 0.1) is 0 Å². The van der Waals surface area contributed by atoms with Gasteiger partial charge in [0.25, 0.3) is 0 Å². The first-order chi connectivity index (χ1) is 7.11. The first-order valence-electron chi connectivity index (χ1n) is 4.56. The van der Waals surface area contributed by atoms with E-state index in [1.54, 1.807) is 19.1 Å². The van der Waals surface area contributed by atoms with Gasteiger partial charge in [-0.2, -0.15) is 0 Å². The summed E-state index contributed by atoms with van der Waals surface area (Å²) in [6.07, 6.45) is 0.413. The molecule has 1 aromatic heterocycles. The molecule has 0 saturated carbocycles. The normalized spacial score (nSPS) is 10.8. The molecule has 0 radical (unpaired) electrons. The highest BCUT2D eigenvalue weighted by Gasteiger charge is 2.09. The molecule has 2 rings (SSSR count). The number of benzene rings is 1. The van der Waals surface area contributed by atoms with E-state index in [0.717, 1.165) is 0 Å². The number of carbonyl (C=O) groups excluding carboxylic acids is 1. The summed E-state index contributed by atoms with van der Waals surface area (Å²) in [5, 5.41) is 0.377. The molecule has 0 aliphatic heterocycles. The molecule has 5 heteroatoms. The van der Waals surface area contributed by atoms with Crippen LogP contribution in [0.2, 0.25) is 5.02 Å². The van der Waals surface area contributed by atoms with Crippen LogP contribution < -0.4 is 5.69 Å². The number of fused-ring (bicyclic) bond motifs is 1. The van der Waals surface area contributed by atoms with Crippen LogP contribution in [-0.2, 0) is 0 Å². The van der Waals surface area contributed by atoms with Gasteiger partial charge in [-0.1, -0.05) is 18.5 Å². The van der Waals surface area contributed by atoms with Gasteiger partial charge >= 0.3 is 5.69 Å². The van der Waals surface area contributed by atoms with Crippen LogP contribution in [0.15, 0.2) is 16.9 Å². The Labute approximate surface area is 90.3 Å². The minimum absolute atomic E-state index is 0.000786. The molecule has 1 heterocycles. The Bertz CT molecular complexity index is 583. The van der Waals surface area contributed by atoms with Gasteiger partial charge in [0.15, 0.2) is 5.78 Å². The molecule has 78 valence electrons. The van der Waals surface area contributed by atoms with Crippen LogP contribution >= 0.6 is 11.6 Å². The van der Waals surface area contributed by atoms with E-state index in [4.69, 9.17) is 11.6 Å². The number of H-pyrrole nitrogens is 2. The van der Waals surface area contributed by atoms with Crippen molar-refractivity contribution in [3.63, 3.8) is 0 Å². The number of halogens is 1. The number of ketones is 1. The number of aromatic amines is 2. The summed E-state index contributed by atoms with van der Waals surface area (Å²) in [6, 6.07) is 3.20. The van der Waals surface area contributed by atoms with Crippen LogP contribution in [0.5, 0.6) is 0 Å². The highest BCUT2D eigenvalue weighted by Crippen LogP contribution is 2.22. The second-order valence-electron chi connectivity index (χ2n) is 3.24. The van der Waals surface area contributed by atoms with Crippen LogP contribution in [0.1, 0.15) is 23.7 Å². The number of hydrogen-bond acceptors (Lipinski definition) is 2. The first kappa shape index (κ1) is 9.98. The summed E-state index contributed by atoms with van der Waals surface area (Å²) < 4.78 is 0. The zero-order chi connectivity index (χ0) is 11.0. The Hall–Kier alpha value is -1.55. The lowest BCUT2D eigenvalue weighted by Gasteiger charge is -1.99. The third-order valence-electron chi connectivity index (χ3n) is 2.22. The van der Waals surface area contributed by atoms with Crippen molar-refractivity contribution < 1.29 is 4.79 Å².